The zero-order chi connectivity index (χ0) is 13.0. The first-order chi connectivity index (χ1) is 7.91. The quantitative estimate of drug-likeness (QED) is 0.789. The van der Waals surface area contributed by atoms with Crippen LogP contribution >= 0.6 is 0 Å². The molecule has 92 valence electrons. The number of anilines is 1. The molecule has 1 rings (SSSR count). The first-order valence-corrected chi connectivity index (χ1v) is 5.09. The Balaban J connectivity index is 2.73. The lowest BCUT2D eigenvalue weighted by Gasteiger charge is -2.12. The Morgan fingerprint density at radius 3 is 2.47 bits per heavy atom. The van der Waals surface area contributed by atoms with Crippen LogP contribution in [0, 0.1) is 0 Å². The molecule has 0 aliphatic heterocycles. The maximum Gasteiger partial charge on any atom is 0.325 e. The van der Waals surface area contributed by atoms with Crippen molar-refractivity contribution in [3.63, 3.8) is 0 Å². The molecule has 0 saturated heterocycles. The van der Waals surface area contributed by atoms with Gasteiger partial charge in [-0.2, -0.15) is 0 Å². The Bertz CT molecular complexity index is 414. The van der Waals surface area contributed by atoms with E-state index >= 15 is 0 Å². The number of carbonyl (C=O) groups is 2. The van der Waals surface area contributed by atoms with E-state index in [4.69, 9.17) is 5.11 Å². The molecule has 2 N–H and O–H groups in total. The van der Waals surface area contributed by atoms with Crippen LogP contribution in [0.4, 0.5) is 5.82 Å². The number of carbonyl (C=O) groups excluding carboxylic acids is 1. The van der Waals surface area contributed by atoms with Gasteiger partial charge in [-0.05, 0) is 19.1 Å². The lowest BCUT2D eigenvalue weighted by atomic mass is 10.2. The summed E-state index contributed by atoms with van der Waals surface area (Å²) >= 11 is 0. The molecule has 0 aliphatic rings. The number of rotatable bonds is 4. The van der Waals surface area contributed by atoms with Gasteiger partial charge in [0.05, 0.1) is 5.56 Å². The van der Waals surface area contributed by atoms with Gasteiger partial charge in [-0.15, -0.1) is 0 Å². The highest BCUT2D eigenvalue weighted by atomic mass is 16.4. The average molecular weight is 237 g/mol. The summed E-state index contributed by atoms with van der Waals surface area (Å²) in [6, 6.07) is 2.38. The van der Waals surface area contributed by atoms with Gasteiger partial charge in [-0.3, -0.25) is 9.59 Å². The molecule has 0 aromatic carbocycles. The molecule has 0 unspecified atom stereocenters. The van der Waals surface area contributed by atoms with Crippen molar-refractivity contribution in [3.05, 3.63) is 23.9 Å². The van der Waals surface area contributed by atoms with Gasteiger partial charge < -0.3 is 15.3 Å². The molecular formula is C11H15N3O3. The van der Waals surface area contributed by atoms with Crippen LogP contribution in [0.2, 0.25) is 0 Å². The molecule has 1 aromatic heterocycles. The molecule has 1 aromatic rings. The van der Waals surface area contributed by atoms with Crippen molar-refractivity contribution in [2.24, 2.45) is 0 Å². The van der Waals surface area contributed by atoms with Crippen LogP contribution in [-0.2, 0) is 4.79 Å². The van der Waals surface area contributed by atoms with E-state index in [1.165, 1.54) is 13.1 Å². The smallest absolute Gasteiger partial charge is 0.325 e. The third-order valence-electron chi connectivity index (χ3n) is 2.19. The standard InChI is InChI=1S/C11H15N3O3/c1-7(11(16)17)13-10(15)8-4-5-9(12-6-8)14(2)3/h4-7H,1-3H3,(H,13,15)(H,16,17)/t7-/m1/s1. The van der Waals surface area contributed by atoms with E-state index in [1.807, 2.05) is 19.0 Å². The number of nitrogens with zero attached hydrogens (tertiary/aromatic N) is 2. The molecular weight excluding hydrogens is 222 g/mol. The summed E-state index contributed by atoms with van der Waals surface area (Å²) < 4.78 is 0. The summed E-state index contributed by atoms with van der Waals surface area (Å²) in [5, 5.41) is 11.0. The van der Waals surface area contributed by atoms with Crippen LogP contribution in [0.5, 0.6) is 0 Å². The van der Waals surface area contributed by atoms with Gasteiger partial charge >= 0.3 is 5.97 Å². The van der Waals surface area contributed by atoms with Gasteiger partial charge in [0.2, 0.25) is 0 Å². The normalized spacial score (nSPS) is 11.7. The molecule has 1 amide bonds. The van der Waals surface area contributed by atoms with Gasteiger partial charge in [0.25, 0.3) is 5.91 Å². The lowest BCUT2D eigenvalue weighted by molar-refractivity contribution is -0.138. The molecule has 0 fully saturated rings. The molecule has 17 heavy (non-hydrogen) atoms. The summed E-state index contributed by atoms with van der Waals surface area (Å²) in [4.78, 5) is 28.1. The van der Waals surface area contributed by atoms with Crippen molar-refractivity contribution in [2.75, 3.05) is 19.0 Å². The van der Waals surface area contributed by atoms with Gasteiger partial charge in [-0.25, -0.2) is 4.98 Å². The predicted molar refractivity (Wildman–Crippen MR) is 63.1 cm³/mol. The number of hydrogen-bond acceptors (Lipinski definition) is 4. The second kappa shape index (κ2) is 5.29. The van der Waals surface area contributed by atoms with Crippen molar-refractivity contribution in [3.8, 4) is 0 Å². The van der Waals surface area contributed by atoms with Crippen LogP contribution in [0.15, 0.2) is 18.3 Å². The van der Waals surface area contributed by atoms with Crippen LogP contribution in [0.25, 0.3) is 0 Å². The summed E-state index contributed by atoms with van der Waals surface area (Å²) in [6.45, 7) is 1.40. The van der Waals surface area contributed by atoms with E-state index in [2.05, 4.69) is 10.3 Å². The second-order valence-corrected chi connectivity index (χ2v) is 3.83. The summed E-state index contributed by atoms with van der Waals surface area (Å²) in [5.41, 5.74) is 0.337. The number of pyridine rings is 1. The number of carboxylic acid groups (broad SMARTS) is 1. The van der Waals surface area contributed by atoms with Crippen molar-refractivity contribution in [1.82, 2.24) is 10.3 Å². The predicted octanol–water partition coefficient (Wildman–Crippen LogP) is 0.350. The molecule has 1 heterocycles. The Labute approximate surface area is 99.3 Å². The highest BCUT2D eigenvalue weighted by Gasteiger charge is 2.15. The van der Waals surface area contributed by atoms with Gasteiger partial charge in [-0.1, -0.05) is 0 Å². The van der Waals surface area contributed by atoms with E-state index in [1.54, 1.807) is 12.1 Å². The van der Waals surface area contributed by atoms with Gasteiger partial charge in [0.15, 0.2) is 0 Å². The number of nitrogens with one attached hydrogen (secondary N) is 1. The SMILES string of the molecule is C[C@@H](NC(=O)c1ccc(N(C)C)nc1)C(=O)O. The molecule has 1 atom stereocenters. The highest BCUT2D eigenvalue weighted by molar-refractivity contribution is 5.96. The average Bonchev–Trinajstić information content (AvgIpc) is 2.28. The van der Waals surface area contributed by atoms with E-state index in [0.717, 1.165) is 5.82 Å². The van der Waals surface area contributed by atoms with Crippen molar-refractivity contribution in [1.29, 1.82) is 0 Å². The molecule has 0 aliphatic carbocycles. The van der Waals surface area contributed by atoms with E-state index in [-0.39, 0.29) is 0 Å². The Morgan fingerprint density at radius 1 is 1.41 bits per heavy atom. The van der Waals surface area contributed by atoms with Crippen LogP contribution < -0.4 is 10.2 Å². The minimum absolute atomic E-state index is 0.337. The fraction of sp³-hybridized carbons (Fsp3) is 0.364. The topological polar surface area (TPSA) is 82.5 Å². The zero-order valence-electron chi connectivity index (χ0n) is 9.97. The van der Waals surface area contributed by atoms with Crippen LogP contribution in [-0.4, -0.2) is 42.1 Å². The molecule has 0 radical (unpaired) electrons. The number of aliphatic carboxylic acids is 1. The van der Waals surface area contributed by atoms with Crippen LogP contribution in [0.3, 0.4) is 0 Å². The maximum atomic E-state index is 11.6. The highest BCUT2D eigenvalue weighted by Crippen LogP contribution is 2.07. The molecule has 0 bridgehead atoms. The van der Waals surface area contributed by atoms with Crippen molar-refractivity contribution < 1.29 is 14.7 Å². The summed E-state index contributed by atoms with van der Waals surface area (Å²) in [5.74, 6) is -0.790. The second-order valence-electron chi connectivity index (χ2n) is 3.83. The largest absolute Gasteiger partial charge is 0.480 e. The van der Waals surface area contributed by atoms with Crippen molar-refractivity contribution in [2.45, 2.75) is 13.0 Å². The minimum atomic E-state index is -1.07. The number of hydrogen-bond donors (Lipinski definition) is 2. The van der Waals surface area contributed by atoms with E-state index < -0.39 is 17.9 Å². The third-order valence-corrected chi connectivity index (χ3v) is 2.19. The maximum absolute atomic E-state index is 11.6. The number of aromatic nitrogens is 1. The third kappa shape index (κ3) is 3.44. The Morgan fingerprint density at radius 2 is 2.06 bits per heavy atom. The first-order valence-electron chi connectivity index (χ1n) is 5.09. The molecule has 6 nitrogen and oxygen atoms in total. The minimum Gasteiger partial charge on any atom is -0.480 e. The van der Waals surface area contributed by atoms with Crippen molar-refractivity contribution >= 4 is 17.7 Å². The van der Waals surface area contributed by atoms with Gasteiger partial charge in [0, 0.05) is 20.3 Å². The zero-order valence-corrected chi connectivity index (χ0v) is 9.97. The lowest BCUT2D eigenvalue weighted by Crippen LogP contribution is -2.38. The molecule has 6 heteroatoms. The van der Waals surface area contributed by atoms with E-state index in [9.17, 15) is 9.59 Å². The number of carboxylic acids is 1. The first kappa shape index (κ1) is 13.0. The fourth-order valence-corrected chi connectivity index (χ4v) is 1.13. The Hall–Kier alpha value is -2.11. The molecule has 0 spiro atoms. The van der Waals surface area contributed by atoms with E-state index in [0.29, 0.717) is 5.56 Å². The van der Waals surface area contributed by atoms with Crippen LogP contribution in [0.1, 0.15) is 17.3 Å². The number of amides is 1. The summed E-state index contributed by atoms with van der Waals surface area (Å²) in [6.07, 6.45) is 1.42. The monoisotopic (exact) mass is 237 g/mol. The summed E-state index contributed by atoms with van der Waals surface area (Å²) in [7, 11) is 3.68. The molecule has 0 saturated carbocycles. The fourth-order valence-electron chi connectivity index (χ4n) is 1.13. The van der Waals surface area contributed by atoms with Gasteiger partial charge in [0.1, 0.15) is 11.9 Å². The Kier molecular flexibility index (Phi) is 4.03.